The summed E-state index contributed by atoms with van der Waals surface area (Å²) >= 11 is 1.31. The van der Waals surface area contributed by atoms with E-state index in [4.69, 9.17) is 0 Å². The molecule has 0 aliphatic rings. The molecule has 1 amide bonds. The number of alkyl halides is 3. The molecule has 0 aliphatic carbocycles. The number of nitrogens with one attached hydrogen (secondary N) is 1. The van der Waals surface area contributed by atoms with Gasteiger partial charge in [-0.15, -0.1) is 5.10 Å². The molecule has 0 saturated carbocycles. The van der Waals surface area contributed by atoms with Gasteiger partial charge in [0.2, 0.25) is 0 Å². The first-order valence-electron chi connectivity index (χ1n) is 8.65. The van der Waals surface area contributed by atoms with E-state index in [0.717, 1.165) is 12.1 Å². The van der Waals surface area contributed by atoms with Gasteiger partial charge in [0.15, 0.2) is 11.4 Å². The summed E-state index contributed by atoms with van der Waals surface area (Å²) in [5.74, 6) is -1.46. The van der Waals surface area contributed by atoms with Gasteiger partial charge in [0.25, 0.3) is 5.91 Å². The average molecular weight is 442 g/mol. The Morgan fingerprint density at radius 2 is 1.87 bits per heavy atom. The number of benzene rings is 2. The predicted octanol–water partition coefficient (Wildman–Crippen LogP) is 4.23. The number of carbonyl (C=O) groups excluding carboxylic acids is 1. The zero-order valence-electron chi connectivity index (χ0n) is 15.3. The molecule has 0 spiro atoms. The summed E-state index contributed by atoms with van der Waals surface area (Å²) in [6.45, 7) is 0.0437. The molecule has 0 bridgehead atoms. The smallest absolute Gasteiger partial charge is 0.350 e. The van der Waals surface area contributed by atoms with Crippen LogP contribution in [0.1, 0.15) is 21.7 Å². The fourth-order valence-electron chi connectivity index (χ4n) is 2.60. The lowest BCUT2D eigenvalue weighted by Gasteiger charge is -2.11. The van der Waals surface area contributed by atoms with Crippen LogP contribution < -0.4 is 5.32 Å². The number of rotatable bonds is 7. The number of amides is 1. The van der Waals surface area contributed by atoms with Gasteiger partial charge in [-0.2, -0.15) is 24.9 Å². The second-order valence-corrected chi connectivity index (χ2v) is 7.18. The second kappa shape index (κ2) is 9.24. The molecular weight excluding hydrogens is 427 g/mol. The van der Waals surface area contributed by atoms with Gasteiger partial charge < -0.3 is 5.32 Å². The van der Waals surface area contributed by atoms with Gasteiger partial charge in [0.05, 0.1) is 5.69 Å². The van der Waals surface area contributed by atoms with E-state index in [2.05, 4.69) is 15.6 Å². The van der Waals surface area contributed by atoms with Crippen molar-refractivity contribution in [1.29, 1.82) is 0 Å². The lowest BCUT2D eigenvalue weighted by Crippen LogP contribution is -2.29. The molecule has 30 heavy (non-hydrogen) atoms. The van der Waals surface area contributed by atoms with Crippen LogP contribution in [0, 0.1) is 11.6 Å². The summed E-state index contributed by atoms with van der Waals surface area (Å²) in [4.78, 5) is 12.2. The molecule has 0 aliphatic heterocycles. The van der Waals surface area contributed by atoms with Crippen LogP contribution >= 0.6 is 11.8 Å². The topological polar surface area (TPSA) is 59.8 Å². The van der Waals surface area contributed by atoms with Gasteiger partial charge in [-0.1, -0.05) is 29.5 Å². The molecule has 0 unspecified atom stereocenters. The quantitative estimate of drug-likeness (QED) is 0.440. The molecular formula is C19H15F5N4OS. The minimum atomic E-state index is -4.94. The molecule has 0 fully saturated rings. The summed E-state index contributed by atoms with van der Waals surface area (Å²) in [6.07, 6.45) is -4.94. The highest BCUT2D eigenvalue weighted by Gasteiger charge is 2.42. The van der Waals surface area contributed by atoms with Crippen molar-refractivity contribution in [3.05, 3.63) is 77.1 Å². The van der Waals surface area contributed by atoms with Crippen molar-refractivity contribution in [1.82, 2.24) is 20.3 Å². The van der Waals surface area contributed by atoms with Crippen molar-refractivity contribution in [3.8, 4) is 5.69 Å². The van der Waals surface area contributed by atoms with Crippen LogP contribution in [0.3, 0.4) is 0 Å². The van der Waals surface area contributed by atoms with Crippen LogP contribution in [0.15, 0.2) is 48.5 Å². The Hall–Kier alpha value is -2.95. The molecule has 11 heteroatoms. The third-order valence-electron chi connectivity index (χ3n) is 3.95. The van der Waals surface area contributed by atoms with E-state index in [1.165, 1.54) is 30.0 Å². The van der Waals surface area contributed by atoms with Gasteiger partial charge in [-0.3, -0.25) is 4.79 Å². The Morgan fingerprint density at radius 3 is 2.57 bits per heavy atom. The van der Waals surface area contributed by atoms with Gasteiger partial charge >= 0.3 is 6.18 Å². The fraction of sp³-hybridized carbons (Fsp3) is 0.211. The monoisotopic (exact) mass is 442 g/mol. The highest BCUT2D eigenvalue weighted by Crippen LogP contribution is 2.32. The highest BCUT2D eigenvalue weighted by atomic mass is 32.2. The van der Waals surface area contributed by atoms with E-state index in [1.807, 2.05) is 0 Å². The minimum Gasteiger partial charge on any atom is -0.350 e. The maximum Gasteiger partial charge on any atom is 0.435 e. The normalized spacial score (nSPS) is 11.5. The van der Waals surface area contributed by atoms with E-state index in [0.29, 0.717) is 21.8 Å². The first kappa shape index (κ1) is 21.8. The molecule has 0 radical (unpaired) electrons. The van der Waals surface area contributed by atoms with Gasteiger partial charge in [0, 0.05) is 18.1 Å². The maximum atomic E-state index is 13.5. The van der Waals surface area contributed by atoms with Gasteiger partial charge in [-0.25, -0.2) is 13.5 Å². The highest BCUT2D eigenvalue weighted by molar-refractivity contribution is 7.98. The van der Waals surface area contributed by atoms with Gasteiger partial charge in [-0.05, 0) is 29.8 Å². The van der Waals surface area contributed by atoms with Crippen molar-refractivity contribution in [2.75, 3.05) is 12.3 Å². The van der Waals surface area contributed by atoms with Crippen LogP contribution in [0.2, 0.25) is 0 Å². The molecule has 1 N–H and O–H groups in total. The molecule has 158 valence electrons. The van der Waals surface area contributed by atoms with E-state index in [-0.39, 0.29) is 18.0 Å². The maximum absolute atomic E-state index is 13.5. The summed E-state index contributed by atoms with van der Waals surface area (Å²) in [7, 11) is 0. The molecule has 1 aromatic heterocycles. The summed E-state index contributed by atoms with van der Waals surface area (Å²) in [5, 5.41) is 9.07. The second-order valence-electron chi connectivity index (χ2n) is 6.08. The minimum absolute atomic E-state index is 0.0437. The van der Waals surface area contributed by atoms with Crippen molar-refractivity contribution in [3.63, 3.8) is 0 Å². The average Bonchev–Trinajstić information content (AvgIpc) is 3.15. The van der Waals surface area contributed by atoms with E-state index in [1.54, 1.807) is 18.2 Å². The molecule has 5 nitrogen and oxygen atoms in total. The zero-order chi connectivity index (χ0) is 21.7. The molecule has 1 heterocycles. The summed E-state index contributed by atoms with van der Waals surface area (Å²) in [5.41, 5.74) is -2.03. The first-order valence-corrected chi connectivity index (χ1v) is 9.81. The predicted molar refractivity (Wildman–Crippen MR) is 101 cm³/mol. The molecule has 0 saturated heterocycles. The Labute approximate surface area is 172 Å². The number of hydrogen-bond donors (Lipinski definition) is 1. The van der Waals surface area contributed by atoms with Crippen molar-refractivity contribution in [2.24, 2.45) is 0 Å². The van der Waals surface area contributed by atoms with Crippen LogP contribution in [0.4, 0.5) is 22.0 Å². The third-order valence-corrected chi connectivity index (χ3v) is 4.96. The summed E-state index contributed by atoms with van der Waals surface area (Å²) < 4.78 is 67.9. The largest absolute Gasteiger partial charge is 0.435 e. The Bertz CT molecular complexity index is 1040. The van der Waals surface area contributed by atoms with Crippen LogP contribution in [0.25, 0.3) is 5.69 Å². The Kier molecular flexibility index (Phi) is 6.70. The van der Waals surface area contributed by atoms with Crippen LogP contribution in [0.5, 0.6) is 0 Å². The van der Waals surface area contributed by atoms with Gasteiger partial charge in [0.1, 0.15) is 11.6 Å². The standard InChI is InChI=1S/C19H15F5N4OS/c20-13-5-3-6-14(10-13)28-17(19(22,23)24)16(26-27-28)18(29)25-8-9-30-11-12-4-1-2-7-15(12)21/h1-7,10H,8-9,11H2,(H,25,29). The molecule has 3 aromatic rings. The molecule has 0 atom stereocenters. The fourth-order valence-corrected chi connectivity index (χ4v) is 3.44. The SMILES string of the molecule is O=C(NCCSCc1ccccc1F)c1nnn(-c2cccc(F)c2)c1C(F)(F)F. The number of hydrogen-bond acceptors (Lipinski definition) is 4. The zero-order valence-corrected chi connectivity index (χ0v) is 16.1. The third kappa shape index (κ3) is 5.15. The van der Waals surface area contributed by atoms with E-state index >= 15 is 0 Å². The number of thioether (sulfide) groups is 1. The number of aromatic nitrogens is 3. The lowest BCUT2D eigenvalue weighted by atomic mass is 10.2. The Morgan fingerprint density at radius 1 is 1.10 bits per heavy atom. The number of carbonyl (C=O) groups is 1. The first-order chi connectivity index (χ1) is 14.3. The Balaban J connectivity index is 1.66. The lowest BCUT2D eigenvalue weighted by molar-refractivity contribution is -0.143. The van der Waals surface area contributed by atoms with Crippen LogP contribution in [-0.4, -0.2) is 33.2 Å². The van der Waals surface area contributed by atoms with Crippen LogP contribution in [-0.2, 0) is 11.9 Å². The number of halogens is 5. The number of nitrogens with zero attached hydrogens (tertiary/aromatic N) is 3. The van der Waals surface area contributed by atoms with E-state index in [9.17, 15) is 26.7 Å². The van der Waals surface area contributed by atoms with Crippen molar-refractivity contribution < 1.29 is 26.7 Å². The molecule has 2 aromatic carbocycles. The van der Waals surface area contributed by atoms with Crippen molar-refractivity contribution >= 4 is 17.7 Å². The molecule has 3 rings (SSSR count). The van der Waals surface area contributed by atoms with Crippen molar-refractivity contribution in [2.45, 2.75) is 11.9 Å². The van der Waals surface area contributed by atoms with E-state index < -0.39 is 29.3 Å². The summed E-state index contributed by atoms with van der Waals surface area (Å²) in [6, 6.07) is 10.6.